The molecule has 0 radical (unpaired) electrons. The Hall–Kier alpha value is -3.54. The molecular formula is C34H55N5O6. The predicted octanol–water partition coefficient (Wildman–Crippen LogP) is 4.55. The van der Waals surface area contributed by atoms with Gasteiger partial charge in [-0.05, 0) is 95.6 Å². The van der Waals surface area contributed by atoms with Gasteiger partial charge >= 0.3 is 11.9 Å². The Morgan fingerprint density at radius 1 is 0.644 bits per heavy atom. The lowest BCUT2D eigenvalue weighted by Gasteiger charge is -2.25. The van der Waals surface area contributed by atoms with Crippen molar-refractivity contribution in [2.75, 3.05) is 93.5 Å². The zero-order valence-electron chi connectivity index (χ0n) is 27.7. The van der Waals surface area contributed by atoms with Gasteiger partial charge in [0.1, 0.15) is 13.2 Å². The van der Waals surface area contributed by atoms with E-state index in [2.05, 4.69) is 28.5 Å². The molecule has 0 aliphatic rings. The van der Waals surface area contributed by atoms with Crippen molar-refractivity contribution in [3.05, 3.63) is 48.5 Å². The summed E-state index contributed by atoms with van der Waals surface area (Å²) in [4.78, 5) is 31.6. The number of likely N-dealkylation sites (N-methyl/N-ethyl adjacent to an activating group) is 2. The van der Waals surface area contributed by atoms with Gasteiger partial charge in [0.25, 0.3) is 0 Å². The summed E-state index contributed by atoms with van der Waals surface area (Å²) >= 11 is 0. The molecule has 2 aromatic rings. The molecule has 11 nitrogen and oxygen atoms in total. The third-order valence-corrected chi connectivity index (χ3v) is 7.41. The molecule has 0 saturated carbocycles. The lowest BCUT2D eigenvalue weighted by Crippen LogP contribution is -2.33. The van der Waals surface area contributed by atoms with Crippen molar-refractivity contribution in [3.8, 4) is 0 Å². The zero-order chi connectivity index (χ0) is 32.9. The van der Waals surface area contributed by atoms with Crippen molar-refractivity contribution in [3.63, 3.8) is 0 Å². The van der Waals surface area contributed by atoms with E-state index in [-0.39, 0.29) is 31.1 Å². The Labute approximate surface area is 269 Å². The Bertz CT molecular complexity index is 1000. The van der Waals surface area contributed by atoms with Gasteiger partial charge in [-0.25, -0.2) is 0 Å². The largest absolute Gasteiger partial charge is 0.464 e. The van der Waals surface area contributed by atoms with Gasteiger partial charge in [0.2, 0.25) is 0 Å². The van der Waals surface area contributed by atoms with Crippen LogP contribution >= 0.6 is 0 Å². The molecule has 0 aliphatic heterocycles. The summed E-state index contributed by atoms with van der Waals surface area (Å²) in [5.41, 5.74) is 15.1. The summed E-state index contributed by atoms with van der Waals surface area (Å²) in [7, 11) is 0. The topological polar surface area (TPSA) is 133 Å². The Balaban J connectivity index is 1.82. The van der Waals surface area contributed by atoms with E-state index in [4.69, 9.17) is 30.4 Å². The van der Waals surface area contributed by atoms with Crippen LogP contribution in [0.1, 0.15) is 53.4 Å². The maximum atomic E-state index is 12.6. The molecule has 2 rings (SSSR count). The Kier molecular flexibility index (Phi) is 18.4. The molecule has 0 atom stereocenters. The van der Waals surface area contributed by atoms with Crippen molar-refractivity contribution in [1.82, 2.24) is 4.90 Å². The molecule has 0 saturated heterocycles. The van der Waals surface area contributed by atoms with Gasteiger partial charge in [0, 0.05) is 62.1 Å². The SMILES string of the molecule is CCOC(CCCN(CCC(=O)OCCN(CC)c1ccc(N)cc1)CCC(=O)OCCN(CC)c1ccc(N)cc1)OCC. The molecule has 0 unspecified atom stereocenters. The minimum Gasteiger partial charge on any atom is -0.464 e. The molecule has 0 spiro atoms. The number of nitrogens with zero attached hydrogens (tertiary/aromatic N) is 3. The number of ether oxygens (including phenoxy) is 4. The zero-order valence-corrected chi connectivity index (χ0v) is 27.7. The quantitative estimate of drug-likeness (QED) is 0.0963. The highest BCUT2D eigenvalue weighted by Crippen LogP contribution is 2.17. The molecule has 0 amide bonds. The van der Waals surface area contributed by atoms with Crippen molar-refractivity contribution in [1.29, 1.82) is 0 Å². The number of nitrogen functional groups attached to an aromatic ring is 2. The molecule has 252 valence electrons. The fourth-order valence-electron chi connectivity index (χ4n) is 4.90. The van der Waals surface area contributed by atoms with E-state index in [1.807, 2.05) is 62.4 Å². The second-order valence-corrected chi connectivity index (χ2v) is 10.6. The molecule has 0 heterocycles. The van der Waals surface area contributed by atoms with Gasteiger partial charge in [0.05, 0.1) is 25.9 Å². The van der Waals surface area contributed by atoms with E-state index < -0.39 is 0 Å². The first-order chi connectivity index (χ1) is 21.8. The van der Waals surface area contributed by atoms with E-state index in [9.17, 15) is 9.59 Å². The smallest absolute Gasteiger partial charge is 0.307 e. The molecule has 0 bridgehead atoms. The van der Waals surface area contributed by atoms with Crippen molar-refractivity contribution in [2.24, 2.45) is 0 Å². The van der Waals surface area contributed by atoms with Crippen LogP contribution in [0.2, 0.25) is 0 Å². The third kappa shape index (κ3) is 15.3. The predicted molar refractivity (Wildman–Crippen MR) is 181 cm³/mol. The maximum Gasteiger partial charge on any atom is 0.307 e. The summed E-state index contributed by atoms with van der Waals surface area (Å²) in [5, 5.41) is 0. The second kappa shape index (κ2) is 22.0. The highest BCUT2D eigenvalue weighted by Gasteiger charge is 2.15. The van der Waals surface area contributed by atoms with Gasteiger partial charge in [-0.2, -0.15) is 0 Å². The van der Waals surface area contributed by atoms with Gasteiger partial charge in [0.15, 0.2) is 6.29 Å². The fraction of sp³-hybridized carbons (Fsp3) is 0.588. The Morgan fingerprint density at radius 2 is 1.07 bits per heavy atom. The number of anilines is 4. The number of carbonyl (C=O) groups excluding carboxylic acids is 2. The van der Waals surface area contributed by atoms with Gasteiger partial charge in [-0.3, -0.25) is 9.59 Å². The normalized spacial score (nSPS) is 11.2. The fourth-order valence-corrected chi connectivity index (χ4v) is 4.90. The number of rotatable bonds is 24. The second-order valence-electron chi connectivity index (χ2n) is 10.6. The first-order valence-corrected chi connectivity index (χ1v) is 16.3. The number of hydrogen-bond acceptors (Lipinski definition) is 11. The van der Waals surface area contributed by atoms with E-state index in [1.165, 1.54) is 0 Å². The average Bonchev–Trinajstić information content (AvgIpc) is 3.03. The van der Waals surface area contributed by atoms with Crippen molar-refractivity contribution >= 4 is 34.7 Å². The monoisotopic (exact) mass is 629 g/mol. The van der Waals surface area contributed by atoms with Crippen LogP contribution in [0.5, 0.6) is 0 Å². The number of benzene rings is 2. The molecule has 0 aliphatic carbocycles. The molecule has 0 aromatic heterocycles. The average molecular weight is 630 g/mol. The summed E-state index contributed by atoms with van der Waals surface area (Å²) < 4.78 is 22.5. The lowest BCUT2D eigenvalue weighted by molar-refractivity contribution is -0.145. The highest BCUT2D eigenvalue weighted by molar-refractivity contribution is 5.70. The van der Waals surface area contributed by atoms with Crippen LogP contribution in [0, 0.1) is 0 Å². The van der Waals surface area contributed by atoms with Crippen molar-refractivity contribution in [2.45, 2.75) is 59.7 Å². The third-order valence-electron chi connectivity index (χ3n) is 7.41. The highest BCUT2D eigenvalue weighted by atomic mass is 16.7. The number of hydrogen-bond donors (Lipinski definition) is 2. The molecule has 11 heteroatoms. The van der Waals surface area contributed by atoms with Crippen molar-refractivity contribution < 1.29 is 28.5 Å². The summed E-state index contributed by atoms with van der Waals surface area (Å²) in [6, 6.07) is 15.3. The van der Waals surface area contributed by atoms with Crippen LogP contribution < -0.4 is 21.3 Å². The minimum atomic E-state index is -0.264. The number of carbonyl (C=O) groups is 2. The van der Waals surface area contributed by atoms with Crippen LogP contribution in [-0.2, 0) is 28.5 Å². The summed E-state index contributed by atoms with van der Waals surface area (Å²) in [6.45, 7) is 14.1. The summed E-state index contributed by atoms with van der Waals surface area (Å²) in [5.74, 6) is -0.528. The summed E-state index contributed by atoms with van der Waals surface area (Å²) in [6.07, 6.45) is 1.73. The van der Waals surface area contributed by atoms with E-state index >= 15 is 0 Å². The van der Waals surface area contributed by atoms with E-state index in [0.717, 1.165) is 37.3 Å². The molecule has 4 N–H and O–H groups in total. The first-order valence-electron chi connectivity index (χ1n) is 16.3. The van der Waals surface area contributed by atoms with Crippen LogP contribution in [0.15, 0.2) is 48.5 Å². The van der Waals surface area contributed by atoms with E-state index in [0.29, 0.717) is 70.5 Å². The Morgan fingerprint density at radius 3 is 1.44 bits per heavy atom. The van der Waals surface area contributed by atoms with E-state index in [1.54, 1.807) is 0 Å². The number of esters is 2. The molecular weight excluding hydrogens is 574 g/mol. The van der Waals surface area contributed by atoms with Crippen LogP contribution in [0.25, 0.3) is 0 Å². The van der Waals surface area contributed by atoms with Gasteiger partial charge in [-0.1, -0.05) is 0 Å². The van der Waals surface area contributed by atoms with Gasteiger partial charge < -0.3 is 45.1 Å². The lowest BCUT2D eigenvalue weighted by atomic mass is 10.2. The first kappa shape index (κ1) is 37.6. The standard InChI is InChI=1S/C34H55N5O6/c1-5-38(30-15-11-28(35)12-16-30)24-26-44-32(40)19-22-37(21-9-10-34(42-7-3)43-8-4)23-20-33(41)45-27-25-39(6-2)31-17-13-29(36)14-18-31/h11-18,34H,5-10,19-27,35-36H2,1-4H3. The van der Waals surface area contributed by atoms with Crippen LogP contribution in [0.3, 0.4) is 0 Å². The number of nitrogens with two attached hydrogens (primary N) is 2. The minimum absolute atomic E-state index is 0.233. The van der Waals surface area contributed by atoms with Gasteiger partial charge in [-0.15, -0.1) is 0 Å². The van der Waals surface area contributed by atoms with Crippen LogP contribution in [0.4, 0.5) is 22.7 Å². The maximum absolute atomic E-state index is 12.6. The van der Waals surface area contributed by atoms with Crippen LogP contribution in [-0.4, -0.2) is 95.4 Å². The molecule has 45 heavy (non-hydrogen) atoms. The molecule has 2 aromatic carbocycles. The molecule has 0 fully saturated rings.